The molecule has 1 aliphatic rings. The van der Waals surface area contributed by atoms with Crippen LogP contribution in [0.3, 0.4) is 0 Å². The smallest absolute Gasteiger partial charge is 0.326 e. The molecule has 0 bridgehead atoms. The number of carbonyl (C=O) groups excluding carboxylic acids is 2. The summed E-state index contributed by atoms with van der Waals surface area (Å²) in [6.45, 7) is 6.90. The van der Waals surface area contributed by atoms with E-state index < -0.39 is 11.7 Å². The molecule has 2 aromatic carbocycles. The lowest BCUT2D eigenvalue weighted by Gasteiger charge is -2.18. The second-order valence-corrected chi connectivity index (χ2v) is 11.3. The summed E-state index contributed by atoms with van der Waals surface area (Å²) in [7, 11) is 0. The molecule has 1 saturated heterocycles. The van der Waals surface area contributed by atoms with Gasteiger partial charge in [0, 0.05) is 18.7 Å². The van der Waals surface area contributed by atoms with Crippen LogP contribution in [0.25, 0.3) is 6.08 Å². The van der Waals surface area contributed by atoms with Crippen LogP contribution in [0.15, 0.2) is 53.4 Å². The number of benzene rings is 2. The number of anilines is 1. The van der Waals surface area contributed by atoms with Gasteiger partial charge < -0.3 is 5.32 Å². The van der Waals surface area contributed by atoms with Gasteiger partial charge in [-0.3, -0.25) is 14.5 Å². The van der Waals surface area contributed by atoms with Crippen LogP contribution in [0, 0.1) is 0 Å². The number of nitrogens with zero attached hydrogens (tertiary/aromatic N) is 1. The zero-order valence-corrected chi connectivity index (χ0v) is 22.1. The summed E-state index contributed by atoms with van der Waals surface area (Å²) in [5.74, 6) is -0.465. The van der Waals surface area contributed by atoms with Crippen molar-refractivity contribution in [3.8, 4) is 0 Å². The number of nitrogens with one attached hydrogen (secondary N) is 1. The Morgan fingerprint density at radius 2 is 1.72 bits per heavy atom. The highest BCUT2D eigenvalue weighted by molar-refractivity contribution is 8.26. The fourth-order valence-electron chi connectivity index (χ4n) is 3.65. The van der Waals surface area contributed by atoms with Crippen molar-refractivity contribution in [2.24, 2.45) is 0 Å². The van der Waals surface area contributed by atoms with Crippen LogP contribution in [-0.2, 0) is 21.2 Å². The highest BCUT2D eigenvalue weighted by Crippen LogP contribution is 2.33. The van der Waals surface area contributed by atoms with Gasteiger partial charge in [0.2, 0.25) is 5.91 Å². The molecule has 0 saturated carbocycles. The largest absolute Gasteiger partial charge is 0.416 e. The fraction of sp³-hybridized carbons (Fsp3) is 0.370. The Kier molecular flexibility index (Phi) is 9.00. The van der Waals surface area contributed by atoms with Crippen LogP contribution < -0.4 is 5.32 Å². The molecule has 2 aromatic rings. The summed E-state index contributed by atoms with van der Waals surface area (Å²) < 4.78 is 38.9. The lowest BCUT2D eigenvalue weighted by Crippen LogP contribution is -2.29. The second kappa shape index (κ2) is 11.6. The van der Waals surface area contributed by atoms with Gasteiger partial charge in [0.1, 0.15) is 4.32 Å². The Morgan fingerprint density at radius 3 is 2.36 bits per heavy atom. The van der Waals surface area contributed by atoms with Gasteiger partial charge in [-0.05, 0) is 53.7 Å². The molecule has 1 fully saturated rings. The molecule has 0 radical (unpaired) electrons. The number of hydrogen-bond donors (Lipinski definition) is 1. The Hall–Kier alpha value is -2.65. The van der Waals surface area contributed by atoms with Gasteiger partial charge in [0.15, 0.2) is 0 Å². The van der Waals surface area contributed by atoms with E-state index in [0.29, 0.717) is 35.0 Å². The Balaban J connectivity index is 1.44. The third-order valence-electron chi connectivity index (χ3n) is 5.71. The van der Waals surface area contributed by atoms with E-state index in [0.717, 1.165) is 17.7 Å². The molecule has 192 valence electrons. The third-order valence-corrected chi connectivity index (χ3v) is 7.09. The number of amides is 2. The average Bonchev–Trinajstić information content (AvgIpc) is 3.05. The number of carbonyl (C=O) groups is 2. The van der Waals surface area contributed by atoms with Gasteiger partial charge in [-0.15, -0.1) is 0 Å². The zero-order chi connectivity index (χ0) is 26.5. The van der Waals surface area contributed by atoms with Crippen molar-refractivity contribution in [2.75, 3.05) is 11.9 Å². The number of thiocarbonyl (C=S) groups is 1. The van der Waals surface area contributed by atoms with Gasteiger partial charge in [0.25, 0.3) is 5.91 Å². The van der Waals surface area contributed by atoms with Crippen LogP contribution in [0.5, 0.6) is 0 Å². The molecular formula is C27H29F3N2O2S2. The number of alkyl halides is 3. The maximum atomic E-state index is 12.8. The molecule has 9 heteroatoms. The lowest BCUT2D eigenvalue weighted by molar-refractivity contribution is -0.137. The quantitative estimate of drug-likeness (QED) is 0.218. The van der Waals surface area contributed by atoms with Crippen LogP contribution in [0.4, 0.5) is 18.9 Å². The second-order valence-electron chi connectivity index (χ2n) is 9.64. The van der Waals surface area contributed by atoms with E-state index >= 15 is 0 Å². The van der Waals surface area contributed by atoms with Crippen molar-refractivity contribution in [1.29, 1.82) is 0 Å². The first-order valence-electron chi connectivity index (χ1n) is 11.7. The molecule has 0 atom stereocenters. The topological polar surface area (TPSA) is 49.4 Å². The lowest BCUT2D eigenvalue weighted by atomic mass is 9.87. The molecule has 0 aliphatic carbocycles. The van der Waals surface area contributed by atoms with Crippen molar-refractivity contribution in [1.82, 2.24) is 4.90 Å². The van der Waals surface area contributed by atoms with E-state index in [4.69, 9.17) is 12.2 Å². The molecule has 1 aliphatic heterocycles. The Morgan fingerprint density at radius 1 is 1.03 bits per heavy atom. The van der Waals surface area contributed by atoms with Crippen molar-refractivity contribution >= 4 is 51.9 Å². The summed E-state index contributed by atoms with van der Waals surface area (Å²) >= 11 is 6.68. The summed E-state index contributed by atoms with van der Waals surface area (Å²) in [5.41, 5.74) is 1.53. The fourth-order valence-corrected chi connectivity index (χ4v) is 4.96. The first-order valence-corrected chi connectivity index (χ1v) is 12.9. The summed E-state index contributed by atoms with van der Waals surface area (Å²) in [5, 5.41) is 2.51. The van der Waals surface area contributed by atoms with Gasteiger partial charge in [-0.25, -0.2) is 0 Å². The zero-order valence-electron chi connectivity index (χ0n) is 20.4. The SMILES string of the molecule is CC(C)(C)c1ccc(/C=C2\SC(=S)N(CCCCCC(=O)Nc3cccc(C(F)(F)F)c3)C2=O)cc1. The average molecular weight is 535 g/mol. The van der Waals surface area contributed by atoms with E-state index in [2.05, 4.69) is 38.2 Å². The first-order chi connectivity index (χ1) is 16.8. The normalized spacial score (nSPS) is 15.6. The molecule has 0 aromatic heterocycles. The van der Waals surface area contributed by atoms with E-state index in [1.54, 1.807) is 4.90 Å². The van der Waals surface area contributed by atoms with E-state index in [1.807, 2.05) is 18.2 Å². The highest BCUT2D eigenvalue weighted by atomic mass is 32.2. The van der Waals surface area contributed by atoms with Crippen LogP contribution in [-0.4, -0.2) is 27.6 Å². The molecule has 3 rings (SSSR count). The van der Waals surface area contributed by atoms with E-state index in [-0.39, 0.29) is 29.3 Å². The van der Waals surface area contributed by atoms with Gasteiger partial charge in [-0.2, -0.15) is 13.2 Å². The predicted octanol–water partition coefficient (Wildman–Crippen LogP) is 7.40. The Labute approximate surface area is 219 Å². The standard InChI is InChI=1S/C27H29F3N2O2S2/c1-26(2,3)19-13-11-18(12-14-19)16-22-24(34)32(25(35)36-22)15-6-4-5-10-23(33)31-21-9-7-8-20(17-21)27(28,29)30/h7-9,11-14,16-17H,4-6,10,15H2,1-3H3,(H,31,33)/b22-16-. The number of rotatable bonds is 8. The molecule has 36 heavy (non-hydrogen) atoms. The van der Waals surface area contributed by atoms with E-state index in [9.17, 15) is 22.8 Å². The molecule has 1 N–H and O–H groups in total. The summed E-state index contributed by atoms with van der Waals surface area (Å²) in [4.78, 5) is 27.1. The van der Waals surface area contributed by atoms with Crippen molar-refractivity contribution < 1.29 is 22.8 Å². The summed E-state index contributed by atoms with van der Waals surface area (Å²) in [6.07, 6.45) is -0.533. The van der Waals surface area contributed by atoms with Gasteiger partial charge in [-0.1, -0.05) is 81.5 Å². The number of halogens is 3. The van der Waals surface area contributed by atoms with Crippen LogP contribution >= 0.6 is 24.0 Å². The van der Waals surface area contributed by atoms with E-state index in [1.165, 1.54) is 29.5 Å². The number of thioether (sulfide) groups is 1. The number of unbranched alkanes of at least 4 members (excludes halogenated alkanes) is 2. The minimum atomic E-state index is -4.46. The Bertz CT molecular complexity index is 1150. The van der Waals surface area contributed by atoms with Crippen molar-refractivity contribution in [3.05, 3.63) is 70.1 Å². The third kappa shape index (κ3) is 7.67. The predicted molar refractivity (Wildman–Crippen MR) is 144 cm³/mol. The maximum Gasteiger partial charge on any atom is 0.416 e. The molecule has 4 nitrogen and oxygen atoms in total. The first kappa shape index (κ1) is 27.9. The van der Waals surface area contributed by atoms with Gasteiger partial charge >= 0.3 is 6.18 Å². The van der Waals surface area contributed by atoms with Crippen molar-refractivity contribution in [2.45, 2.75) is 58.0 Å². The maximum absolute atomic E-state index is 12.8. The van der Waals surface area contributed by atoms with Gasteiger partial charge in [0.05, 0.1) is 10.5 Å². The minimum absolute atomic E-state index is 0.0564. The summed E-state index contributed by atoms with van der Waals surface area (Å²) in [6, 6.07) is 12.7. The molecule has 1 heterocycles. The number of hydrogen-bond acceptors (Lipinski definition) is 4. The molecule has 2 amide bonds. The molecular weight excluding hydrogens is 505 g/mol. The van der Waals surface area contributed by atoms with Crippen LogP contribution in [0.1, 0.15) is 63.1 Å². The monoisotopic (exact) mass is 534 g/mol. The van der Waals surface area contributed by atoms with Crippen LogP contribution in [0.2, 0.25) is 0 Å². The highest BCUT2D eigenvalue weighted by Gasteiger charge is 2.32. The molecule has 0 spiro atoms. The minimum Gasteiger partial charge on any atom is -0.326 e. The molecule has 0 unspecified atom stereocenters. The van der Waals surface area contributed by atoms with Crippen molar-refractivity contribution in [3.63, 3.8) is 0 Å².